The highest BCUT2D eigenvalue weighted by atomic mass is 27.1. The fourth-order valence-corrected chi connectivity index (χ4v) is 1.58. The normalized spacial score (nSPS) is 13.8. The first kappa shape index (κ1) is 15.1. The molecule has 0 spiro atoms. The number of nitrogens with one attached hydrogen (secondary N) is 2. The number of carbonyl (C=O) groups is 2. The number of ether oxygens (including phenoxy) is 1. The van der Waals surface area contributed by atoms with Crippen molar-refractivity contribution in [2.24, 2.45) is 0 Å². The van der Waals surface area contributed by atoms with Crippen LogP contribution in [0, 0.1) is 0 Å². The van der Waals surface area contributed by atoms with Gasteiger partial charge in [-0.15, -0.1) is 0 Å². The Morgan fingerprint density at radius 2 is 1.56 bits per heavy atom. The Bertz CT molecular complexity index is 272. The van der Waals surface area contributed by atoms with E-state index in [2.05, 4.69) is 14.4 Å². The molecule has 1 rings (SSSR count). The van der Waals surface area contributed by atoms with Crippen LogP contribution in [0.4, 0.5) is 9.59 Å². The van der Waals surface area contributed by atoms with Crippen molar-refractivity contribution in [2.45, 2.75) is 44.6 Å². The third-order valence-electron chi connectivity index (χ3n) is 2.63. The Balaban J connectivity index is 1.77. The van der Waals surface area contributed by atoms with Crippen LogP contribution in [0.5, 0.6) is 0 Å². The van der Waals surface area contributed by atoms with Gasteiger partial charge in [0, 0.05) is 13.1 Å². The largest absolute Gasteiger partial charge is 0.606 e. The molecule has 6 nitrogen and oxygen atoms in total. The van der Waals surface area contributed by atoms with Gasteiger partial charge in [-0.2, -0.15) is 0 Å². The maximum Gasteiger partial charge on any atom is 0.501 e. The second kappa shape index (κ2) is 9.06. The van der Waals surface area contributed by atoms with Crippen LogP contribution >= 0.6 is 0 Å². The van der Waals surface area contributed by atoms with Crippen molar-refractivity contribution in [1.82, 2.24) is 10.6 Å². The van der Waals surface area contributed by atoms with Crippen LogP contribution in [0.3, 0.4) is 0 Å². The molecule has 1 fully saturated rings. The van der Waals surface area contributed by atoms with E-state index < -0.39 is 0 Å². The van der Waals surface area contributed by atoms with Crippen LogP contribution in [-0.2, 0) is 8.53 Å². The standard InChI is InChI=1S/C11H20N2O4.Al.2H/c14-10(15)12-7-3-1-2-4-8-13-11(16)17-9-5-6-9;;;/h9,12H,1-8H2,(H,13,16)(H,14,15);;;/q;+1;;/p-1. The molecule has 2 N–H and O–H groups in total. The van der Waals surface area contributed by atoms with Gasteiger partial charge in [-0.3, -0.25) is 0 Å². The zero-order valence-electron chi connectivity index (χ0n) is 10.9. The highest BCUT2D eigenvalue weighted by molar-refractivity contribution is 6.04. The third kappa shape index (κ3) is 8.21. The summed E-state index contributed by atoms with van der Waals surface area (Å²) in [6.45, 7) is 1.31. The molecule has 0 aliphatic heterocycles. The van der Waals surface area contributed by atoms with Crippen LogP contribution in [-0.4, -0.2) is 48.0 Å². The summed E-state index contributed by atoms with van der Waals surface area (Å²) in [6.07, 6.45) is 5.47. The third-order valence-corrected chi connectivity index (χ3v) is 3.00. The lowest BCUT2D eigenvalue weighted by atomic mass is 10.2. The molecule has 7 heteroatoms. The molecule has 0 unspecified atom stereocenters. The van der Waals surface area contributed by atoms with E-state index in [1.807, 2.05) is 0 Å². The minimum absolute atomic E-state index is 0.164. The average molecular weight is 272 g/mol. The summed E-state index contributed by atoms with van der Waals surface area (Å²) in [6, 6.07) is 0. The molecule has 1 saturated carbocycles. The molecule has 0 bridgehead atoms. The van der Waals surface area contributed by atoms with Crippen molar-refractivity contribution < 1.29 is 18.1 Å². The fourth-order valence-electron chi connectivity index (χ4n) is 1.44. The molecule has 0 aromatic heterocycles. The molecule has 1 aliphatic rings. The first-order chi connectivity index (χ1) is 8.72. The number of hydrogen-bond donors (Lipinski definition) is 2. The molecule has 0 heterocycles. The second-order valence-electron chi connectivity index (χ2n) is 4.36. The lowest BCUT2D eigenvalue weighted by Gasteiger charge is -2.06. The lowest BCUT2D eigenvalue weighted by Crippen LogP contribution is -2.26. The number of hydrogen-bond acceptors (Lipinski definition) is 4. The predicted octanol–water partition coefficient (Wildman–Crippen LogP) is 0.710. The molecular formula is C11H21AlN2O4. The van der Waals surface area contributed by atoms with Gasteiger partial charge in [-0.1, -0.05) is 12.8 Å². The summed E-state index contributed by atoms with van der Waals surface area (Å²) in [7, 11) is 0. The molecule has 0 aromatic carbocycles. The number of rotatable bonds is 8. The van der Waals surface area contributed by atoms with Crippen LogP contribution in [0.1, 0.15) is 38.5 Å². The first-order valence-corrected chi connectivity index (χ1v) is 7.30. The van der Waals surface area contributed by atoms with Crippen molar-refractivity contribution in [2.75, 3.05) is 13.1 Å². The monoisotopic (exact) mass is 272 g/mol. The molecule has 0 atom stereocenters. The Hall–Kier alpha value is -0.928. The van der Waals surface area contributed by atoms with Gasteiger partial charge in [0.2, 0.25) is 0 Å². The zero-order chi connectivity index (χ0) is 13.2. The van der Waals surface area contributed by atoms with Crippen LogP contribution in [0.2, 0.25) is 0 Å². The first-order valence-electron chi connectivity index (χ1n) is 6.48. The van der Waals surface area contributed by atoms with Crippen molar-refractivity contribution in [1.29, 1.82) is 0 Å². The summed E-state index contributed by atoms with van der Waals surface area (Å²) in [5.74, 6) is 0. The van der Waals surface area contributed by atoms with Crippen molar-refractivity contribution >= 4 is 28.8 Å². The highest BCUT2D eigenvalue weighted by Crippen LogP contribution is 2.23. The molecule has 1 aliphatic carbocycles. The van der Waals surface area contributed by atoms with Crippen LogP contribution in [0.25, 0.3) is 0 Å². The van der Waals surface area contributed by atoms with E-state index in [0.29, 0.717) is 29.7 Å². The van der Waals surface area contributed by atoms with E-state index >= 15 is 0 Å². The molecule has 18 heavy (non-hydrogen) atoms. The molecule has 0 aromatic rings. The lowest BCUT2D eigenvalue weighted by molar-refractivity contribution is 0.139. The SMILES string of the molecule is O=C(NCCCCCCNC(=O)OC1CC1)[O][AlH2]. The Labute approximate surface area is 116 Å². The number of carbonyl (C=O) groups excluding carboxylic acids is 2. The van der Waals surface area contributed by atoms with Crippen molar-refractivity contribution in [3.05, 3.63) is 0 Å². The number of amides is 2. The topological polar surface area (TPSA) is 76.7 Å². The van der Waals surface area contributed by atoms with Gasteiger partial charge in [-0.25, -0.2) is 9.59 Å². The number of unbranched alkanes of at least 4 members (excludes halogenated alkanes) is 3. The maximum absolute atomic E-state index is 11.1. The summed E-state index contributed by atoms with van der Waals surface area (Å²) in [5, 5.41) is 5.38. The summed E-state index contributed by atoms with van der Waals surface area (Å²) >= 11 is 0.430. The second-order valence-corrected chi connectivity index (χ2v) is 4.77. The maximum atomic E-state index is 11.1. The van der Waals surface area contributed by atoms with Crippen LogP contribution in [0.15, 0.2) is 0 Å². The molecule has 102 valence electrons. The van der Waals surface area contributed by atoms with Gasteiger partial charge < -0.3 is 19.2 Å². The van der Waals surface area contributed by atoms with Gasteiger partial charge in [0.05, 0.1) is 0 Å². The fraction of sp³-hybridized carbons (Fsp3) is 0.818. The summed E-state index contributed by atoms with van der Waals surface area (Å²) in [5.41, 5.74) is 0. The van der Waals surface area contributed by atoms with Gasteiger partial charge in [0.25, 0.3) is 0 Å². The average Bonchev–Trinajstić information content (AvgIpc) is 3.16. The van der Waals surface area contributed by atoms with Crippen molar-refractivity contribution in [3.8, 4) is 0 Å². The Morgan fingerprint density at radius 1 is 1.00 bits per heavy atom. The van der Waals surface area contributed by atoms with Gasteiger partial charge in [-0.05, 0) is 25.7 Å². The van der Waals surface area contributed by atoms with E-state index in [0.717, 1.165) is 38.5 Å². The Kier molecular flexibility index (Phi) is 7.62. The Morgan fingerprint density at radius 3 is 2.06 bits per heavy atom. The molecular weight excluding hydrogens is 251 g/mol. The van der Waals surface area contributed by atoms with Gasteiger partial charge in [0.15, 0.2) is 0 Å². The van der Waals surface area contributed by atoms with E-state index in [4.69, 9.17) is 4.74 Å². The van der Waals surface area contributed by atoms with E-state index in [1.54, 1.807) is 0 Å². The zero-order valence-corrected chi connectivity index (χ0v) is 12.9. The van der Waals surface area contributed by atoms with E-state index in [1.165, 1.54) is 0 Å². The predicted molar refractivity (Wildman–Crippen MR) is 69.0 cm³/mol. The highest BCUT2D eigenvalue weighted by Gasteiger charge is 2.25. The molecule has 0 radical (unpaired) electrons. The van der Waals surface area contributed by atoms with Gasteiger partial charge in [0.1, 0.15) is 6.10 Å². The van der Waals surface area contributed by atoms with Crippen molar-refractivity contribution in [3.63, 3.8) is 0 Å². The molecule has 2 amide bonds. The van der Waals surface area contributed by atoms with Crippen LogP contribution < -0.4 is 10.6 Å². The molecule has 0 saturated heterocycles. The minimum atomic E-state index is -0.328. The summed E-state index contributed by atoms with van der Waals surface area (Å²) in [4.78, 5) is 21.9. The summed E-state index contributed by atoms with van der Waals surface area (Å²) < 4.78 is 9.62. The van der Waals surface area contributed by atoms with Gasteiger partial charge >= 0.3 is 28.8 Å². The minimum Gasteiger partial charge on any atom is -0.606 e. The quantitative estimate of drug-likeness (QED) is 0.504. The number of alkyl carbamates (subject to hydrolysis) is 1. The van der Waals surface area contributed by atoms with E-state index in [9.17, 15) is 9.59 Å². The van der Waals surface area contributed by atoms with E-state index in [-0.39, 0.29) is 18.3 Å². The smallest absolute Gasteiger partial charge is 0.501 e.